The van der Waals surface area contributed by atoms with Crippen molar-refractivity contribution in [2.45, 2.75) is 273 Å². The number of nitrogens with two attached hydrogens (primary N) is 3. The molecule has 35 nitrogen and oxygen atoms in total. The van der Waals surface area contributed by atoms with E-state index < -0.39 is 161 Å². The zero-order chi connectivity index (χ0) is 91.2. The first-order chi connectivity index (χ1) is 61.7. The molecular formula is C93H128N20O15. The van der Waals surface area contributed by atoms with Gasteiger partial charge in [0.05, 0.1) is 0 Å². The second kappa shape index (κ2) is 47.9. The predicted octanol–water partition coefficient (Wildman–Crippen LogP) is 2.78. The number of benzene rings is 4. The van der Waals surface area contributed by atoms with Crippen molar-refractivity contribution in [3.63, 3.8) is 0 Å². The summed E-state index contributed by atoms with van der Waals surface area (Å²) in [5, 5.41) is 35.1. The Kier molecular flexibility index (Phi) is 36.0. The molecule has 2 saturated carbocycles. The molecule has 690 valence electrons. The number of aromatic nitrogens is 1. The van der Waals surface area contributed by atoms with Crippen LogP contribution in [0.15, 0.2) is 120 Å². The van der Waals surface area contributed by atoms with E-state index in [1.807, 2.05) is 109 Å². The van der Waals surface area contributed by atoms with Gasteiger partial charge in [0, 0.05) is 102 Å². The Morgan fingerprint density at radius 3 is 1.45 bits per heavy atom. The number of carbonyl (C=O) groups is 15. The number of carbonyl (C=O) groups excluding carboxylic acids is 15. The lowest BCUT2D eigenvalue weighted by atomic mass is 9.84. The van der Waals surface area contributed by atoms with Gasteiger partial charge in [0.15, 0.2) is 5.96 Å². The summed E-state index contributed by atoms with van der Waals surface area (Å²) in [4.78, 5) is 220. The number of primary amides is 1. The van der Waals surface area contributed by atoms with Crippen LogP contribution in [0.2, 0.25) is 0 Å². The fourth-order valence-electron chi connectivity index (χ4n) is 18.7. The lowest BCUT2D eigenvalue weighted by Gasteiger charge is -2.39. The molecule has 5 aromatic rings. The number of rotatable bonds is 24. The minimum Gasteiger partial charge on any atom is -0.370 e. The van der Waals surface area contributed by atoms with E-state index in [0.29, 0.717) is 44.9 Å². The Morgan fingerprint density at radius 2 is 0.914 bits per heavy atom. The zero-order valence-corrected chi connectivity index (χ0v) is 73.4. The molecule has 35 heteroatoms. The van der Waals surface area contributed by atoms with E-state index in [1.165, 1.54) is 28.5 Å². The summed E-state index contributed by atoms with van der Waals surface area (Å²) < 4.78 is 0. The second-order valence-corrected chi connectivity index (χ2v) is 34.9. The van der Waals surface area contributed by atoms with Crippen LogP contribution in [0.1, 0.15) is 196 Å². The lowest BCUT2D eigenvalue weighted by Crippen LogP contribution is -2.61. The first-order valence-electron chi connectivity index (χ1n) is 45.7. The maximum Gasteiger partial charge on any atom is 0.312 e. The SMILES string of the molecule is CC(=O)N[C@@H](Cc1ccccc1)C(=O)N[C@H]1CCCNC(=O)[C@H](CCCN=C(N)N)NC(=O)[C@@H]2Cc3ccccc3CN2C(=O)[C@@H](CC2CCCCC2)NC(=O)[C@@H]2CCCN2C1=O.CC(=O)N[C@@H](Cc1ccccc1)C(=O)N[C@H]1CCCNC(=O)[C@H](CCCNC(N)=O)NC(=O)[C@H](Cc2c[nH]c3ccccc23)NC(=O)[C@@H](CC2CCCCC2)NC(=O)[C@@H]2CCCN2C1=O. The van der Waals surface area contributed by atoms with Crippen molar-refractivity contribution in [3.8, 4) is 0 Å². The van der Waals surface area contributed by atoms with Crippen molar-refractivity contribution in [1.82, 2.24) is 83.5 Å². The van der Waals surface area contributed by atoms with Gasteiger partial charge in [-0.05, 0) is 136 Å². The first kappa shape index (κ1) is 96.2. The highest BCUT2D eigenvalue weighted by Gasteiger charge is 2.46. The van der Waals surface area contributed by atoms with Crippen LogP contribution in [0.25, 0.3) is 10.9 Å². The van der Waals surface area contributed by atoms with E-state index in [-0.39, 0.29) is 134 Å². The van der Waals surface area contributed by atoms with Gasteiger partial charge in [-0.2, -0.15) is 0 Å². The highest BCUT2D eigenvalue weighted by atomic mass is 16.2. The summed E-state index contributed by atoms with van der Waals surface area (Å²) in [6, 6.07) is 20.4. The van der Waals surface area contributed by atoms with Crippen LogP contribution in [0, 0.1) is 11.8 Å². The van der Waals surface area contributed by atoms with Crippen molar-refractivity contribution in [2.24, 2.45) is 34.0 Å². The number of guanidine groups is 1. The number of nitrogens with one attached hydrogen (secondary N) is 13. The van der Waals surface area contributed by atoms with Gasteiger partial charge in [0.25, 0.3) is 0 Å². The molecule has 2 aliphatic carbocycles. The van der Waals surface area contributed by atoms with E-state index >= 15 is 4.79 Å². The standard InChI is InChI=1S/C47H64N10O8.C46H64N10O7/c1-29(58)52-37(25-30-13-4-2-5-14-30)42(60)54-36-20-11-22-49-41(59)35(19-10-23-50-47(48)65)53-44(62)39(27-32-28-51-34-18-9-8-17-33(32)34)55-43(61)38(26-31-15-6-3-7-16-31)56-45(63)40-21-12-24-57(40)46(36)64;1-29(57)51-36(25-30-13-4-2-5-14-30)41(59)53-35-20-11-22-49-40(58)34(19-10-23-50-46(47)48)52-43(61)39-27-32-17-8-9-18-33(32)28-56(39)45(63)37(26-31-15-6-3-7-16-31)54-42(60)38-21-12-24-55(38)44(35)62/h2,4-5,8-9,13-14,17-18,28,31,35-40,51H,3,6-7,10-12,15-16,19-27H2,1H3,(H,49,59)(H,52,58)(H,53,62)(H,54,60)(H,55,61)(H,56,63)(H3,48,50,65);2,4-5,8-9,13-14,17-18,31,34-39H,3,6-7,10-12,15-16,19-28H2,1H3,(H,49,58)(H,51,57)(H,52,61)(H,53,59)(H,54,60)(H4,47,48,50)/t35-,36-,37-,38+,39-,40-;34-,35-,36-,37+,38-,39-/m00/s1. The van der Waals surface area contributed by atoms with Crippen molar-refractivity contribution in [1.29, 1.82) is 0 Å². The van der Waals surface area contributed by atoms with Gasteiger partial charge < -0.3 is 101 Å². The first-order valence-corrected chi connectivity index (χ1v) is 45.7. The van der Waals surface area contributed by atoms with Crippen molar-refractivity contribution in [2.75, 3.05) is 39.3 Å². The third-order valence-electron chi connectivity index (χ3n) is 25.4. The summed E-state index contributed by atoms with van der Waals surface area (Å²) in [6.45, 7) is 3.73. The van der Waals surface area contributed by atoms with Crippen LogP contribution in [-0.4, -0.2) is 226 Å². The van der Waals surface area contributed by atoms with Gasteiger partial charge in [0.1, 0.15) is 72.5 Å². The normalized spacial score (nSPS) is 24.0. The monoisotopic (exact) mass is 1760 g/mol. The number of hydrogen-bond acceptors (Lipinski definition) is 16. The van der Waals surface area contributed by atoms with Gasteiger partial charge in [-0.1, -0.05) is 167 Å². The van der Waals surface area contributed by atoms with E-state index in [4.69, 9.17) is 17.2 Å². The molecule has 7 aliphatic rings. The van der Waals surface area contributed by atoms with Gasteiger partial charge in [0.2, 0.25) is 82.7 Å². The summed E-state index contributed by atoms with van der Waals surface area (Å²) >= 11 is 0. The molecule has 6 heterocycles. The van der Waals surface area contributed by atoms with Crippen LogP contribution in [0.3, 0.4) is 0 Å². The van der Waals surface area contributed by atoms with Gasteiger partial charge in [-0.3, -0.25) is 72.1 Å². The molecule has 12 rings (SSSR count). The molecule has 4 saturated heterocycles. The smallest absolute Gasteiger partial charge is 0.312 e. The van der Waals surface area contributed by atoms with E-state index in [0.717, 1.165) is 103 Å². The van der Waals surface area contributed by atoms with Crippen LogP contribution >= 0.6 is 0 Å². The number of aromatic amines is 1. The second-order valence-electron chi connectivity index (χ2n) is 34.9. The number of urea groups is 1. The number of amides is 16. The molecule has 16 amide bonds. The number of para-hydroxylation sites is 1. The average Bonchev–Trinajstić information content (AvgIpc) is 1.00. The number of H-pyrrole nitrogens is 1. The van der Waals surface area contributed by atoms with E-state index in [1.54, 1.807) is 6.20 Å². The third kappa shape index (κ3) is 28.0. The number of fused-ring (bicyclic) bond motifs is 5. The molecule has 12 atom stereocenters. The molecule has 0 radical (unpaired) electrons. The highest BCUT2D eigenvalue weighted by molar-refractivity contribution is 6.00. The third-order valence-corrected chi connectivity index (χ3v) is 25.4. The predicted molar refractivity (Wildman–Crippen MR) is 479 cm³/mol. The van der Waals surface area contributed by atoms with Crippen LogP contribution in [0.5, 0.6) is 0 Å². The van der Waals surface area contributed by atoms with Crippen LogP contribution < -0.4 is 81.0 Å². The minimum atomic E-state index is -1.16. The quantitative estimate of drug-likeness (QED) is 0.0240. The fourth-order valence-corrected chi connectivity index (χ4v) is 18.7. The van der Waals surface area contributed by atoms with E-state index in [9.17, 15) is 67.1 Å². The number of nitrogens with zero attached hydrogens (tertiary/aromatic N) is 4. The molecule has 6 fully saturated rings. The largest absolute Gasteiger partial charge is 0.370 e. The topological polar surface area (TPSA) is 516 Å². The van der Waals surface area contributed by atoms with Crippen LogP contribution in [0.4, 0.5) is 4.79 Å². The lowest BCUT2D eigenvalue weighted by molar-refractivity contribution is -0.147. The Morgan fingerprint density at radius 1 is 0.453 bits per heavy atom. The number of hydrogen-bond donors (Lipinski definition) is 16. The summed E-state index contributed by atoms with van der Waals surface area (Å²) in [7, 11) is 0. The molecule has 0 unspecified atom stereocenters. The zero-order valence-electron chi connectivity index (χ0n) is 73.4. The Labute approximate surface area is 746 Å². The average molecular weight is 1770 g/mol. The molecule has 0 spiro atoms. The van der Waals surface area contributed by atoms with Gasteiger partial charge in [-0.25, -0.2) is 4.79 Å². The van der Waals surface area contributed by atoms with Gasteiger partial charge >= 0.3 is 6.03 Å². The summed E-state index contributed by atoms with van der Waals surface area (Å²) in [5.74, 6) is -6.83. The molecule has 1 aromatic heterocycles. The van der Waals surface area contributed by atoms with Gasteiger partial charge in [-0.15, -0.1) is 0 Å². The fraction of sp³-hybridized carbons (Fsp3) is 0.548. The van der Waals surface area contributed by atoms with Crippen molar-refractivity contribution < 1.29 is 71.9 Å². The molecule has 128 heavy (non-hydrogen) atoms. The van der Waals surface area contributed by atoms with Crippen LogP contribution in [-0.2, 0) is 99.4 Å². The van der Waals surface area contributed by atoms with E-state index in [2.05, 4.69) is 73.8 Å². The molecule has 4 aromatic carbocycles. The molecule has 19 N–H and O–H groups in total. The molecule has 0 bridgehead atoms. The van der Waals surface area contributed by atoms with Crippen molar-refractivity contribution in [3.05, 3.63) is 143 Å². The maximum atomic E-state index is 15.0. The number of aliphatic imine (C=N–C) groups is 1. The maximum absolute atomic E-state index is 15.0. The molecular weight excluding hydrogens is 1640 g/mol. The summed E-state index contributed by atoms with van der Waals surface area (Å²) in [6.07, 6.45) is 16.1. The molecule has 5 aliphatic heterocycles. The Balaban J connectivity index is 0.000000248. The minimum absolute atomic E-state index is 0.0474. The summed E-state index contributed by atoms with van der Waals surface area (Å²) in [5.41, 5.74) is 21.4. The Bertz CT molecular complexity index is 4730. The Hall–Kier alpha value is -12.5. The highest BCUT2D eigenvalue weighted by Crippen LogP contribution is 2.33. The van der Waals surface area contributed by atoms with Crippen molar-refractivity contribution >= 4 is 106 Å².